The fourth-order valence-corrected chi connectivity index (χ4v) is 4.93. The molecule has 0 radical (unpaired) electrons. The van der Waals surface area contributed by atoms with Gasteiger partial charge in [0.15, 0.2) is 0 Å². The first-order chi connectivity index (χ1) is 14.2. The summed E-state index contributed by atoms with van der Waals surface area (Å²) in [5.74, 6) is -0.0188. The van der Waals surface area contributed by atoms with Crippen LogP contribution in [-0.2, 0) is 24.3 Å². The van der Waals surface area contributed by atoms with E-state index in [4.69, 9.17) is 0 Å². The number of amides is 3. The zero-order valence-corrected chi connectivity index (χ0v) is 17.4. The van der Waals surface area contributed by atoms with E-state index >= 15 is 0 Å². The molecule has 2 aromatic rings. The van der Waals surface area contributed by atoms with Gasteiger partial charge in [-0.2, -0.15) is 0 Å². The maximum atomic E-state index is 12.4. The standard InChI is InChI=1S/C22H28N4O2S/c27-21(26-12-8-20-18(16-26)9-13-29-20)14-23-22(28)24-19-6-10-25(11-7-19)15-17-4-2-1-3-5-17/h1-5,9,13,19H,6-8,10-12,14-16H2,(H2,23,24,28). The number of rotatable bonds is 5. The summed E-state index contributed by atoms with van der Waals surface area (Å²) >= 11 is 1.76. The Labute approximate surface area is 175 Å². The highest BCUT2D eigenvalue weighted by atomic mass is 32.1. The molecule has 1 aromatic heterocycles. The number of hydrogen-bond acceptors (Lipinski definition) is 4. The van der Waals surface area contributed by atoms with Gasteiger partial charge in [0.05, 0.1) is 6.54 Å². The molecular weight excluding hydrogens is 384 g/mol. The topological polar surface area (TPSA) is 64.7 Å². The molecule has 3 heterocycles. The van der Waals surface area contributed by atoms with Crippen molar-refractivity contribution in [3.8, 4) is 0 Å². The Morgan fingerprint density at radius 1 is 1.07 bits per heavy atom. The lowest BCUT2D eigenvalue weighted by Gasteiger charge is -2.32. The van der Waals surface area contributed by atoms with Crippen molar-refractivity contribution in [2.75, 3.05) is 26.2 Å². The third-order valence-electron chi connectivity index (χ3n) is 5.73. The molecule has 7 heteroatoms. The minimum atomic E-state index is -0.243. The SMILES string of the molecule is O=C(NCC(=O)N1CCc2sccc2C1)NC1CCN(Cc2ccccc2)CC1. The fraction of sp³-hybridized carbons (Fsp3) is 0.455. The van der Waals surface area contributed by atoms with E-state index < -0.39 is 0 Å². The van der Waals surface area contributed by atoms with Crippen LogP contribution in [0.2, 0.25) is 0 Å². The zero-order valence-electron chi connectivity index (χ0n) is 16.6. The van der Waals surface area contributed by atoms with Crippen LogP contribution in [0, 0.1) is 0 Å². The molecular formula is C22H28N4O2S. The Morgan fingerprint density at radius 2 is 1.86 bits per heavy atom. The summed E-state index contributed by atoms with van der Waals surface area (Å²) in [6.07, 6.45) is 2.77. The molecule has 2 aliphatic heterocycles. The molecule has 0 bridgehead atoms. The zero-order chi connectivity index (χ0) is 20.1. The monoisotopic (exact) mass is 412 g/mol. The van der Waals surface area contributed by atoms with Crippen molar-refractivity contribution in [2.45, 2.75) is 38.4 Å². The van der Waals surface area contributed by atoms with Crippen molar-refractivity contribution in [3.05, 3.63) is 57.8 Å². The highest BCUT2D eigenvalue weighted by Gasteiger charge is 2.23. The van der Waals surface area contributed by atoms with Crippen molar-refractivity contribution in [2.24, 2.45) is 0 Å². The van der Waals surface area contributed by atoms with E-state index in [1.807, 2.05) is 11.0 Å². The Balaban J connectivity index is 1.15. The molecule has 1 saturated heterocycles. The second-order valence-corrected chi connectivity index (χ2v) is 8.80. The van der Waals surface area contributed by atoms with E-state index in [1.165, 1.54) is 16.0 Å². The van der Waals surface area contributed by atoms with Crippen LogP contribution in [0.5, 0.6) is 0 Å². The van der Waals surface area contributed by atoms with E-state index in [0.29, 0.717) is 6.54 Å². The lowest BCUT2D eigenvalue weighted by molar-refractivity contribution is -0.130. The van der Waals surface area contributed by atoms with Gasteiger partial charge in [-0.1, -0.05) is 30.3 Å². The van der Waals surface area contributed by atoms with Gasteiger partial charge in [0.2, 0.25) is 5.91 Å². The second-order valence-electron chi connectivity index (χ2n) is 7.80. The quantitative estimate of drug-likeness (QED) is 0.793. The average molecular weight is 413 g/mol. The van der Waals surface area contributed by atoms with E-state index in [-0.39, 0.29) is 24.5 Å². The molecule has 0 unspecified atom stereocenters. The first-order valence-electron chi connectivity index (χ1n) is 10.3. The minimum Gasteiger partial charge on any atom is -0.336 e. The number of hydrogen-bond donors (Lipinski definition) is 2. The number of likely N-dealkylation sites (tertiary alicyclic amines) is 1. The Morgan fingerprint density at radius 3 is 2.66 bits per heavy atom. The van der Waals surface area contributed by atoms with E-state index in [9.17, 15) is 9.59 Å². The first kappa shape index (κ1) is 19.9. The molecule has 6 nitrogen and oxygen atoms in total. The van der Waals surface area contributed by atoms with Gasteiger partial charge in [-0.25, -0.2) is 4.79 Å². The van der Waals surface area contributed by atoms with Gasteiger partial charge in [-0.05, 0) is 41.8 Å². The molecule has 2 N–H and O–H groups in total. The van der Waals surface area contributed by atoms with E-state index in [1.54, 1.807) is 11.3 Å². The number of carbonyl (C=O) groups excluding carboxylic acids is 2. The average Bonchev–Trinajstić information content (AvgIpc) is 3.22. The molecule has 2 aliphatic rings. The third-order valence-corrected chi connectivity index (χ3v) is 6.76. The van der Waals surface area contributed by atoms with Crippen LogP contribution < -0.4 is 10.6 Å². The number of urea groups is 1. The maximum absolute atomic E-state index is 12.4. The van der Waals surface area contributed by atoms with Crippen LogP contribution >= 0.6 is 11.3 Å². The van der Waals surface area contributed by atoms with Gasteiger partial charge in [0.1, 0.15) is 0 Å². The van der Waals surface area contributed by atoms with Crippen molar-refractivity contribution < 1.29 is 9.59 Å². The molecule has 0 aliphatic carbocycles. The Kier molecular flexibility index (Phi) is 6.46. The molecule has 4 rings (SSSR count). The number of carbonyl (C=O) groups is 2. The largest absolute Gasteiger partial charge is 0.336 e. The van der Waals surface area contributed by atoms with Crippen molar-refractivity contribution in [3.63, 3.8) is 0 Å². The van der Waals surface area contributed by atoms with Gasteiger partial charge in [-0.3, -0.25) is 9.69 Å². The predicted octanol–water partition coefficient (Wildman–Crippen LogP) is 2.60. The Hall–Kier alpha value is -2.38. The van der Waals surface area contributed by atoms with Crippen LogP contribution in [0.25, 0.3) is 0 Å². The third kappa shape index (κ3) is 5.36. The predicted molar refractivity (Wildman–Crippen MR) is 115 cm³/mol. The van der Waals surface area contributed by atoms with Gasteiger partial charge in [0, 0.05) is 43.6 Å². The number of benzene rings is 1. The summed E-state index contributed by atoms with van der Waals surface area (Å²) < 4.78 is 0. The smallest absolute Gasteiger partial charge is 0.315 e. The van der Waals surface area contributed by atoms with Crippen molar-refractivity contribution in [1.29, 1.82) is 0 Å². The summed E-state index contributed by atoms with van der Waals surface area (Å²) in [4.78, 5) is 30.3. The highest BCUT2D eigenvalue weighted by molar-refractivity contribution is 7.10. The summed E-state index contributed by atoms with van der Waals surface area (Å²) in [5, 5.41) is 7.85. The highest BCUT2D eigenvalue weighted by Crippen LogP contribution is 2.23. The van der Waals surface area contributed by atoms with Gasteiger partial charge in [-0.15, -0.1) is 11.3 Å². The van der Waals surface area contributed by atoms with E-state index in [0.717, 1.165) is 45.4 Å². The number of fused-ring (bicyclic) bond motifs is 1. The van der Waals surface area contributed by atoms with Gasteiger partial charge < -0.3 is 15.5 Å². The number of nitrogens with zero attached hydrogens (tertiary/aromatic N) is 2. The van der Waals surface area contributed by atoms with Gasteiger partial charge >= 0.3 is 6.03 Å². The molecule has 1 fully saturated rings. The Bertz CT molecular complexity index is 830. The second kappa shape index (κ2) is 9.41. The molecule has 0 saturated carbocycles. The van der Waals surface area contributed by atoms with Crippen LogP contribution in [0.3, 0.4) is 0 Å². The van der Waals surface area contributed by atoms with Crippen LogP contribution in [0.1, 0.15) is 28.8 Å². The van der Waals surface area contributed by atoms with Crippen LogP contribution in [-0.4, -0.2) is 54.0 Å². The lowest BCUT2D eigenvalue weighted by Crippen LogP contribution is -2.50. The number of thiophene rings is 1. The van der Waals surface area contributed by atoms with Crippen molar-refractivity contribution >= 4 is 23.3 Å². The molecule has 1 aromatic carbocycles. The first-order valence-corrected chi connectivity index (χ1v) is 11.2. The molecule has 29 heavy (non-hydrogen) atoms. The molecule has 0 atom stereocenters. The molecule has 3 amide bonds. The van der Waals surface area contributed by atoms with E-state index in [2.05, 4.69) is 51.2 Å². The maximum Gasteiger partial charge on any atom is 0.315 e. The number of piperidine rings is 1. The summed E-state index contributed by atoms with van der Waals surface area (Å²) in [7, 11) is 0. The molecule has 0 spiro atoms. The summed E-state index contributed by atoms with van der Waals surface area (Å²) in [6, 6.07) is 12.5. The van der Waals surface area contributed by atoms with Crippen LogP contribution in [0.4, 0.5) is 4.79 Å². The summed E-state index contributed by atoms with van der Waals surface area (Å²) in [6.45, 7) is 4.33. The lowest BCUT2D eigenvalue weighted by atomic mass is 10.0. The summed E-state index contributed by atoms with van der Waals surface area (Å²) in [5.41, 5.74) is 2.56. The fourth-order valence-electron chi connectivity index (χ4n) is 4.04. The van der Waals surface area contributed by atoms with Crippen molar-refractivity contribution in [1.82, 2.24) is 20.4 Å². The van der Waals surface area contributed by atoms with Gasteiger partial charge in [0.25, 0.3) is 0 Å². The van der Waals surface area contributed by atoms with Crippen LogP contribution in [0.15, 0.2) is 41.8 Å². The minimum absolute atomic E-state index is 0.0188. The normalized spacial score (nSPS) is 17.6. The molecule has 154 valence electrons. The number of nitrogens with one attached hydrogen (secondary N) is 2.